The molecule has 0 spiro atoms. The number of ether oxygens (including phenoxy) is 1. The molecular weight excluding hydrogens is 364 g/mol. The normalized spacial score (nSPS) is 17.5. The number of oxazole rings is 1. The van der Waals surface area contributed by atoms with Gasteiger partial charge in [0.25, 0.3) is 5.91 Å². The van der Waals surface area contributed by atoms with Gasteiger partial charge in [-0.1, -0.05) is 0 Å². The largest absolute Gasteiger partial charge is 0.484 e. The molecule has 3 heterocycles. The Labute approximate surface area is 161 Å². The van der Waals surface area contributed by atoms with Gasteiger partial charge in [-0.25, -0.2) is 9.97 Å². The smallest absolute Gasteiger partial charge is 0.273 e. The number of likely N-dealkylation sites (tertiary alicyclic amines) is 1. The van der Waals surface area contributed by atoms with E-state index in [9.17, 15) is 4.79 Å². The number of thiazole rings is 1. The quantitative estimate of drug-likeness (QED) is 0.702. The Balaban J connectivity index is 1.31. The van der Waals surface area contributed by atoms with Crippen LogP contribution in [0.1, 0.15) is 27.8 Å². The number of benzene rings is 1. The first-order valence-corrected chi connectivity index (χ1v) is 9.79. The van der Waals surface area contributed by atoms with Crippen molar-refractivity contribution in [2.24, 2.45) is 5.92 Å². The molecule has 2 aromatic heterocycles. The van der Waals surface area contributed by atoms with E-state index < -0.39 is 0 Å². The molecule has 1 saturated heterocycles. The van der Waals surface area contributed by atoms with Gasteiger partial charge in [-0.3, -0.25) is 4.79 Å². The zero-order valence-electron chi connectivity index (χ0n) is 15.4. The van der Waals surface area contributed by atoms with E-state index in [1.165, 1.54) is 6.26 Å². The van der Waals surface area contributed by atoms with Gasteiger partial charge in [-0.15, -0.1) is 11.3 Å². The van der Waals surface area contributed by atoms with E-state index in [1.54, 1.807) is 11.3 Å². The molecule has 1 N–H and O–H groups in total. The van der Waals surface area contributed by atoms with Gasteiger partial charge in [0, 0.05) is 19.2 Å². The molecule has 142 valence electrons. The fourth-order valence-corrected chi connectivity index (χ4v) is 4.07. The minimum atomic E-state index is -0.209. The molecular formula is C19H22N4O3S. The van der Waals surface area contributed by atoms with Gasteiger partial charge >= 0.3 is 0 Å². The van der Waals surface area contributed by atoms with Crippen LogP contribution >= 0.6 is 11.3 Å². The second-order valence-electron chi connectivity index (χ2n) is 6.90. The summed E-state index contributed by atoms with van der Waals surface area (Å²) in [6.45, 7) is 4.90. The number of hydrogen-bond acceptors (Lipinski definition) is 7. The summed E-state index contributed by atoms with van der Waals surface area (Å²) in [5, 5.41) is 3.96. The van der Waals surface area contributed by atoms with Crippen LogP contribution in [0.3, 0.4) is 0 Å². The molecule has 1 aliphatic rings. The summed E-state index contributed by atoms with van der Waals surface area (Å²) in [6, 6.07) is 5.79. The van der Waals surface area contributed by atoms with Gasteiger partial charge in [0.1, 0.15) is 12.0 Å². The topological polar surface area (TPSA) is 80.5 Å². The van der Waals surface area contributed by atoms with Gasteiger partial charge in [-0.2, -0.15) is 0 Å². The summed E-state index contributed by atoms with van der Waals surface area (Å²) in [6.07, 6.45) is 2.49. The van der Waals surface area contributed by atoms with E-state index >= 15 is 0 Å². The van der Waals surface area contributed by atoms with E-state index in [0.717, 1.165) is 34.7 Å². The van der Waals surface area contributed by atoms with Crippen LogP contribution in [0.2, 0.25) is 0 Å². The molecule has 0 unspecified atom stereocenters. The van der Waals surface area contributed by atoms with Gasteiger partial charge in [0.2, 0.25) is 5.89 Å². The molecule has 0 saturated carbocycles. The summed E-state index contributed by atoms with van der Waals surface area (Å²) in [7, 11) is 2.10. The molecule has 1 aliphatic heterocycles. The zero-order chi connectivity index (χ0) is 18.8. The Bertz CT molecular complexity index is 951. The second kappa shape index (κ2) is 7.66. The lowest BCUT2D eigenvalue weighted by Gasteiger charge is -2.10. The first-order chi connectivity index (χ1) is 13.1. The number of nitrogens with zero attached hydrogens (tertiary/aromatic N) is 3. The number of aryl methyl sites for hydroxylation is 1. The average Bonchev–Trinajstić information content (AvgIpc) is 3.36. The maximum atomic E-state index is 12.2. The first kappa shape index (κ1) is 17.9. The Morgan fingerprint density at radius 3 is 3.15 bits per heavy atom. The molecule has 8 heteroatoms. The predicted molar refractivity (Wildman–Crippen MR) is 103 cm³/mol. The first-order valence-electron chi connectivity index (χ1n) is 8.98. The van der Waals surface area contributed by atoms with E-state index in [-0.39, 0.29) is 18.2 Å². The number of aromatic nitrogens is 2. The predicted octanol–water partition coefficient (Wildman–Crippen LogP) is 2.85. The molecule has 4 rings (SSSR count). The molecule has 0 bridgehead atoms. The number of amides is 1. The number of hydrogen-bond donors (Lipinski definition) is 1. The van der Waals surface area contributed by atoms with E-state index in [4.69, 9.17) is 9.15 Å². The van der Waals surface area contributed by atoms with Gasteiger partial charge in [0.15, 0.2) is 12.3 Å². The highest BCUT2D eigenvalue weighted by Crippen LogP contribution is 2.26. The van der Waals surface area contributed by atoms with Crippen LogP contribution in [-0.2, 0) is 6.61 Å². The highest BCUT2D eigenvalue weighted by atomic mass is 32.1. The molecule has 1 amide bonds. The SMILES string of the molecule is Cc1nc2cc(OCc3nc(C(=O)NC[C@H]4CCN(C)C4)co3)ccc2s1. The lowest BCUT2D eigenvalue weighted by molar-refractivity contribution is 0.0942. The van der Waals surface area contributed by atoms with Gasteiger partial charge < -0.3 is 19.4 Å². The molecule has 3 aromatic rings. The highest BCUT2D eigenvalue weighted by molar-refractivity contribution is 7.18. The standard InChI is InChI=1S/C19H22N4O3S/c1-12-21-15-7-14(3-4-17(15)27-12)25-11-18-22-16(10-26-18)19(24)20-8-13-5-6-23(2)9-13/h3-4,7,10,13H,5-6,8-9,11H2,1-2H3,(H,20,24)/t13-/m1/s1. The Morgan fingerprint density at radius 2 is 2.33 bits per heavy atom. The lowest BCUT2D eigenvalue weighted by Crippen LogP contribution is -2.30. The van der Waals surface area contributed by atoms with E-state index in [0.29, 0.717) is 24.1 Å². The highest BCUT2D eigenvalue weighted by Gasteiger charge is 2.21. The van der Waals surface area contributed by atoms with E-state index in [2.05, 4.69) is 27.2 Å². The monoisotopic (exact) mass is 386 g/mol. The third-order valence-corrected chi connectivity index (χ3v) is 5.60. The maximum Gasteiger partial charge on any atom is 0.273 e. The minimum absolute atomic E-state index is 0.162. The molecule has 27 heavy (non-hydrogen) atoms. The lowest BCUT2D eigenvalue weighted by atomic mass is 10.1. The number of nitrogens with one attached hydrogen (secondary N) is 1. The van der Waals surface area contributed by atoms with Crippen LogP contribution in [0.4, 0.5) is 0 Å². The van der Waals surface area contributed by atoms with Crippen molar-refractivity contribution in [3.8, 4) is 5.75 Å². The minimum Gasteiger partial charge on any atom is -0.484 e. The summed E-state index contributed by atoms with van der Waals surface area (Å²) < 4.78 is 12.2. The number of carbonyl (C=O) groups excluding carboxylic acids is 1. The third kappa shape index (κ3) is 4.28. The Kier molecular flexibility index (Phi) is 5.09. The number of rotatable bonds is 6. The van der Waals surface area contributed by atoms with Crippen LogP contribution in [-0.4, -0.2) is 47.5 Å². The van der Waals surface area contributed by atoms with Crippen molar-refractivity contribution < 1.29 is 13.9 Å². The number of carbonyl (C=O) groups is 1. The third-order valence-electron chi connectivity index (χ3n) is 4.65. The summed E-state index contributed by atoms with van der Waals surface area (Å²) in [5.74, 6) is 1.36. The van der Waals surface area contributed by atoms with Crippen molar-refractivity contribution in [2.75, 3.05) is 26.7 Å². The summed E-state index contributed by atoms with van der Waals surface area (Å²) >= 11 is 1.65. The molecule has 0 radical (unpaired) electrons. The maximum absolute atomic E-state index is 12.2. The molecule has 1 aromatic carbocycles. The molecule has 0 aliphatic carbocycles. The van der Waals surface area contributed by atoms with Gasteiger partial charge in [0.05, 0.1) is 15.2 Å². The van der Waals surface area contributed by atoms with E-state index in [1.807, 2.05) is 25.1 Å². The number of fused-ring (bicyclic) bond motifs is 1. The van der Waals surface area contributed by atoms with Gasteiger partial charge in [-0.05, 0) is 45.0 Å². The molecule has 1 fully saturated rings. The summed E-state index contributed by atoms with van der Waals surface area (Å²) in [5.41, 5.74) is 1.20. The van der Waals surface area contributed by atoms with Crippen molar-refractivity contribution in [3.05, 3.63) is 41.1 Å². The van der Waals surface area contributed by atoms with Crippen LogP contribution in [0.25, 0.3) is 10.2 Å². The van der Waals surface area contributed by atoms with Crippen molar-refractivity contribution in [2.45, 2.75) is 20.0 Å². The van der Waals surface area contributed by atoms with Crippen molar-refractivity contribution in [1.82, 2.24) is 20.2 Å². The van der Waals surface area contributed by atoms with Crippen molar-refractivity contribution >= 4 is 27.5 Å². The Hall–Kier alpha value is -2.45. The molecule has 7 nitrogen and oxygen atoms in total. The zero-order valence-corrected chi connectivity index (χ0v) is 16.2. The molecule has 1 atom stereocenters. The fraction of sp³-hybridized carbons (Fsp3) is 0.421. The van der Waals surface area contributed by atoms with Crippen LogP contribution in [0.5, 0.6) is 5.75 Å². The summed E-state index contributed by atoms with van der Waals surface area (Å²) in [4.78, 5) is 23.2. The van der Waals surface area contributed by atoms with Crippen LogP contribution < -0.4 is 10.1 Å². The van der Waals surface area contributed by atoms with Crippen molar-refractivity contribution in [3.63, 3.8) is 0 Å². The fourth-order valence-electron chi connectivity index (χ4n) is 3.26. The van der Waals surface area contributed by atoms with Crippen LogP contribution in [0.15, 0.2) is 28.9 Å². The average molecular weight is 386 g/mol. The van der Waals surface area contributed by atoms with Crippen molar-refractivity contribution in [1.29, 1.82) is 0 Å². The van der Waals surface area contributed by atoms with Crippen LogP contribution in [0, 0.1) is 12.8 Å². The Morgan fingerprint density at radius 1 is 1.44 bits per heavy atom. The second-order valence-corrected chi connectivity index (χ2v) is 8.14.